The first-order chi connectivity index (χ1) is 2.91. The summed E-state index contributed by atoms with van der Waals surface area (Å²) in [7, 11) is 0. The Morgan fingerprint density at radius 1 is 1.57 bits per heavy atom. The minimum atomic E-state index is 0. The molecule has 0 unspecified atom stereocenters. The van der Waals surface area contributed by atoms with Crippen molar-refractivity contribution in [1.29, 1.82) is 0 Å². The van der Waals surface area contributed by atoms with Gasteiger partial charge in [-0.2, -0.15) is 0 Å². The summed E-state index contributed by atoms with van der Waals surface area (Å²) in [6.07, 6.45) is 0. The zero-order chi connectivity index (χ0) is 4.83. The predicted octanol–water partition coefficient (Wildman–Crippen LogP) is -2.98. The molecule has 1 N–H and O–H groups in total. The fourth-order valence-electron chi connectivity index (χ4n) is 0.209. The summed E-state index contributed by atoms with van der Waals surface area (Å²) < 4.78 is 4.73. The number of aliphatic hydroxyl groups is 1. The van der Waals surface area contributed by atoms with Crippen LogP contribution in [0.25, 0.3) is 0 Å². The van der Waals surface area contributed by atoms with Crippen LogP contribution in [0.5, 0.6) is 0 Å². The van der Waals surface area contributed by atoms with Gasteiger partial charge in [-0.05, 0) is 6.92 Å². The minimum absolute atomic E-state index is 0. The van der Waals surface area contributed by atoms with E-state index in [0.29, 0.717) is 13.2 Å². The van der Waals surface area contributed by atoms with E-state index in [1.165, 1.54) is 0 Å². The van der Waals surface area contributed by atoms with E-state index in [1.54, 1.807) is 0 Å². The summed E-state index contributed by atoms with van der Waals surface area (Å²) in [6.45, 7) is 3.20. The zero-order valence-corrected chi connectivity index (χ0v) is 4.98. The molecule has 0 fully saturated rings. The maximum absolute atomic E-state index is 8.07. The fraction of sp³-hybridized carbons (Fsp3) is 1.00. The van der Waals surface area contributed by atoms with Gasteiger partial charge in [0.1, 0.15) is 0 Å². The zero-order valence-electron chi connectivity index (χ0n) is 4.98. The summed E-state index contributed by atoms with van der Waals surface area (Å²) in [5.74, 6) is 0. The van der Waals surface area contributed by atoms with Gasteiger partial charge in [-0.25, -0.2) is 0 Å². The number of hydrogen-bond donors (Lipinski definition) is 1. The molecule has 0 aromatic rings. The van der Waals surface area contributed by atoms with Gasteiger partial charge in [-0.3, -0.25) is 0 Å². The Hall–Kier alpha value is 0.517. The number of rotatable bonds is 3. The van der Waals surface area contributed by atoms with Crippen LogP contribution in [0.1, 0.15) is 6.92 Å². The van der Waals surface area contributed by atoms with E-state index in [1.807, 2.05) is 6.92 Å². The van der Waals surface area contributed by atoms with Crippen molar-refractivity contribution in [2.75, 3.05) is 19.8 Å². The van der Waals surface area contributed by atoms with Crippen molar-refractivity contribution in [3.63, 3.8) is 0 Å². The Morgan fingerprint density at radius 3 is 2.29 bits per heavy atom. The molecular formula is C4H10LiO2+. The van der Waals surface area contributed by atoms with Crippen LogP contribution in [-0.2, 0) is 4.74 Å². The van der Waals surface area contributed by atoms with E-state index in [-0.39, 0.29) is 25.5 Å². The van der Waals surface area contributed by atoms with Gasteiger partial charge >= 0.3 is 18.9 Å². The second-order valence-corrected chi connectivity index (χ2v) is 0.921. The molecule has 0 heterocycles. The van der Waals surface area contributed by atoms with E-state index in [0.717, 1.165) is 0 Å². The molecule has 0 spiro atoms. The summed E-state index contributed by atoms with van der Waals surface area (Å²) in [5, 5.41) is 8.07. The van der Waals surface area contributed by atoms with Gasteiger partial charge in [-0.1, -0.05) is 0 Å². The quantitative estimate of drug-likeness (QED) is 0.301. The van der Waals surface area contributed by atoms with Crippen LogP contribution >= 0.6 is 0 Å². The maximum Gasteiger partial charge on any atom is 1.00 e. The molecule has 7 heavy (non-hydrogen) atoms. The van der Waals surface area contributed by atoms with Gasteiger partial charge < -0.3 is 9.84 Å². The second kappa shape index (κ2) is 9.72. The van der Waals surface area contributed by atoms with Crippen LogP contribution in [-0.4, -0.2) is 24.9 Å². The Morgan fingerprint density at radius 2 is 2.14 bits per heavy atom. The van der Waals surface area contributed by atoms with Crippen molar-refractivity contribution in [3.8, 4) is 0 Å². The van der Waals surface area contributed by atoms with Crippen molar-refractivity contribution >= 4 is 0 Å². The van der Waals surface area contributed by atoms with Gasteiger partial charge in [0.05, 0.1) is 13.2 Å². The molecule has 0 atom stereocenters. The van der Waals surface area contributed by atoms with Gasteiger partial charge in [0, 0.05) is 6.61 Å². The van der Waals surface area contributed by atoms with Gasteiger partial charge in [0.15, 0.2) is 0 Å². The molecule has 0 aliphatic heterocycles. The van der Waals surface area contributed by atoms with E-state index >= 15 is 0 Å². The summed E-state index contributed by atoms with van der Waals surface area (Å²) >= 11 is 0. The largest absolute Gasteiger partial charge is 1.00 e. The van der Waals surface area contributed by atoms with Gasteiger partial charge in [0.2, 0.25) is 0 Å². The summed E-state index contributed by atoms with van der Waals surface area (Å²) in [4.78, 5) is 0. The van der Waals surface area contributed by atoms with Crippen molar-refractivity contribution < 1.29 is 28.7 Å². The van der Waals surface area contributed by atoms with Crippen molar-refractivity contribution in [3.05, 3.63) is 0 Å². The first kappa shape index (κ1) is 10.5. The van der Waals surface area contributed by atoms with E-state index in [2.05, 4.69) is 0 Å². The Bertz CT molecular complexity index is 21.7. The van der Waals surface area contributed by atoms with E-state index in [4.69, 9.17) is 9.84 Å². The third-order valence-electron chi connectivity index (χ3n) is 0.440. The molecule has 0 saturated heterocycles. The number of ether oxygens (including phenoxy) is 1. The molecular weight excluding hydrogens is 87.0 g/mol. The SMILES string of the molecule is CCOCCO.[Li+]. The average molecular weight is 97.1 g/mol. The normalized spacial score (nSPS) is 7.71. The molecule has 0 aliphatic rings. The van der Waals surface area contributed by atoms with Crippen molar-refractivity contribution in [2.45, 2.75) is 6.92 Å². The monoisotopic (exact) mass is 97.1 g/mol. The molecule has 0 radical (unpaired) electrons. The van der Waals surface area contributed by atoms with Crippen LogP contribution in [0.15, 0.2) is 0 Å². The molecule has 0 bridgehead atoms. The minimum Gasteiger partial charge on any atom is -0.394 e. The number of aliphatic hydroxyl groups excluding tert-OH is 1. The topological polar surface area (TPSA) is 29.5 Å². The van der Waals surface area contributed by atoms with Gasteiger partial charge in [0.25, 0.3) is 0 Å². The second-order valence-electron chi connectivity index (χ2n) is 0.921. The van der Waals surface area contributed by atoms with Crippen LogP contribution in [0.2, 0.25) is 0 Å². The van der Waals surface area contributed by atoms with Gasteiger partial charge in [-0.15, -0.1) is 0 Å². The Labute approximate surface area is 56.0 Å². The smallest absolute Gasteiger partial charge is 0.394 e. The van der Waals surface area contributed by atoms with Crippen LogP contribution in [0.3, 0.4) is 0 Å². The summed E-state index contributed by atoms with van der Waals surface area (Å²) in [5.41, 5.74) is 0. The summed E-state index contributed by atoms with van der Waals surface area (Å²) in [6, 6.07) is 0. The first-order valence-corrected chi connectivity index (χ1v) is 2.10. The third-order valence-corrected chi connectivity index (χ3v) is 0.440. The fourth-order valence-corrected chi connectivity index (χ4v) is 0.209. The third kappa shape index (κ3) is 10.7. The molecule has 0 aromatic carbocycles. The molecule has 38 valence electrons. The number of hydrogen-bond acceptors (Lipinski definition) is 2. The molecule has 0 rings (SSSR count). The van der Waals surface area contributed by atoms with Crippen LogP contribution < -0.4 is 18.9 Å². The molecule has 0 amide bonds. The van der Waals surface area contributed by atoms with Crippen LogP contribution in [0, 0.1) is 0 Å². The molecule has 0 aliphatic carbocycles. The molecule has 2 nitrogen and oxygen atoms in total. The molecule has 0 aromatic heterocycles. The average Bonchev–Trinajstić information content (AvgIpc) is 1.61. The van der Waals surface area contributed by atoms with E-state index < -0.39 is 0 Å². The predicted molar refractivity (Wildman–Crippen MR) is 23.6 cm³/mol. The molecule has 0 saturated carbocycles. The maximum atomic E-state index is 8.07. The van der Waals surface area contributed by atoms with Crippen LogP contribution in [0.4, 0.5) is 0 Å². The Kier molecular flexibility index (Phi) is 14.6. The Balaban J connectivity index is 0. The first-order valence-electron chi connectivity index (χ1n) is 2.10. The molecule has 3 heteroatoms. The standard InChI is InChI=1S/C4H10O2.Li/c1-2-6-4-3-5;/h5H,2-4H2,1H3;/q;+1. The van der Waals surface area contributed by atoms with Crippen molar-refractivity contribution in [2.24, 2.45) is 0 Å². The van der Waals surface area contributed by atoms with E-state index in [9.17, 15) is 0 Å². The van der Waals surface area contributed by atoms with Crippen molar-refractivity contribution in [1.82, 2.24) is 0 Å².